The van der Waals surface area contributed by atoms with Crippen molar-refractivity contribution in [2.24, 2.45) is 27.7 Å². The van der Waals surface area contributed by atoms with Gasteiger partial charge < -0.3 is 51.0 Å². The summed E-state index contributed by atoms with van der Waals surface area (Å²) in [6, 6.07) is 14.6. The fourth-order valence-electron chi connectivity index (χ4n) is 11.5. The van der Waals surface area contributed by atoms with Gasteiger partial charge in [-0.3, -0.25) is 29.2 Å². The number of nitrogens with zero attached hydrogens (tertiary/aromatic N) is 7. The molecule has 5 aliphatic heterocycles. The van der Waals surface area contributed by atoms with Gasteiger partial charge in [-0.05, 0) is 112 Å². The number of amidine groups is 2. The molecule has 2 amide bonds. The first-order chi connectivity index (χ1) is 38.0. The number of sulfonamides is 2. The fraction of sp³-hybridized carbons (Fsp3) is 0.527. The minimum Gasteiger partial charge on any atom is -0.488 e. The van der Waals surface area contributed by atoms with Crippen LogP contribution in [0.2, 0.25) is 0 Å². The molecule has 80 heavy (non-hydrogen) atoms. The summed E-state index contributed by atoms with van der Waals surface area (Å²) < 4.78 is 68.3. The van der Waals surface area contributed by atoms with Gasteiger partial charge in [-0.15, -0.1) is 0 Å². The molecule has 7 heterocycles. The third-order valence-corrected chi connectivity index (χ3v) is 19.1. The van der Waals surface area contributed by atoms with Gasteiger partial charge in [0, 0.05) is 96.2 Å². The van der Waals surface area contributed by atoms with E-state index in [1.54, 1.807) is 51.9 Å². The number of nitrogens with two attached hydrogens (primary N) is 1. The zero-order valence-electron chi connectivity index (χ0n) is 45.7. The van der Waals surface area contributed by atoms with Gasteiger partial charge in [0.25, 0.3) is 11.8 Å². The number of rotatable bonds is 12. The Morgan fingerprint density at radius 2 is 1.09 bits per heavy atom. The minimum atomic E-state index is -3.69. The van der Waals surface area contributed by atoms with Gasteiger partial charge in [-0.1, -0.05) is 62.8 Å². The number of amides is 2. The van der Waals surface area contributed by atoms with Crippen LogP contribution in [0.1, 0.15) is 114 Å². The number of ether oxygens (including phenoxy) is 2. The number of carbonyl (C=O) groups is 4. The predicted molar refractivity (Wildman–Crippen MR) is 300 cm³/mol. The van der Waals surface area contributed by atoms with E-state index in [1.165, 1.54) is 52.2 Å². The number of aliphatic imine (C=N–C) groups is 2. The predicted octanol–water partition coefficient (Wildman–Crippen LogP) is 3.45. The maximum absolute atomic E-state index is 13.1. The molecule has 2 aromatic heterocycles. The number of methoxy groups -OCH3 is 1. The minimum absolute atomic E-state index is 0. The molecule has 2 aliphatic carbocycles. The van der Waals surface area contributed by atoms with E-state index in [4.69, 9.17) is 29.8 Å². The van der Waals surface area contributed by atoms with Crippen molar-refractivity contribution in [3.05, 3.63) is 88.5 Å². The van der Waals surface area contributed by atoms with E-state index in [-0.39, 0.29) is 86.6 Å². The zero-order chi connectivity index (χ0) is 56.2. The third kappa shape index (κ3) is 15.1. The number of aliphatic carboxylic acids is 1. The molecule has 428 valence electrons. The van der Waals surface area contributed by atoms with Crippen molar-refractivity contribution in [1.82, 2.24) is 28.4 Å². The average molecular weight is 1150 g/mol. The summed E-state index contributed by atoms with van der Waals surface area (Å²) in [5.74, 6) is 4.78. The van der Waals surface area contributed by atoms with Crippen LogP contribution in [0.5, 0.6) is 0 Å². The van der Waals surface area contributed by atoms with Crippen molar-refractivity contribution < 1.29 is 85.4 Å². The van der Waals surface area contributed by atoms with Crippen molar-refractivity contribution in [3.8, 4) is 0 Å². The van der Waals surface area contributed by atoms with Gasteiger partial charge in [0.2, 0.25) is 20.0 Å². The standard InChI is InChI=1S/C26H32N4O5S.C25H30N4O5S.C4H8O.H3N2O.Na/c1-35-23(31)18-29-14-10-21-19(8-5-9-22(21)29)11-17-36(33,34)30-15-12-26(13-16-30)25(32)27-24(28-26)20-6-3-2-4-7-20;30-22(31)17-28-13-9-20-18(7-4-8-21(20)28)10-16-35(33,34)29-14-11-25(12-15-29)24(32)26-23(27-25)19-5-2-1-3-6-19;1-2-4-5-3-1;1-2-3;/h5,8-11,14,17,20H,2-4,6-7,12-13,15-16,18H2,1H3,(H,27,28,32);4,7-10,13,16,19H,1-3,5-6,11-12,14-15,17H2,(H,30,31)(H,26,27,32);1-4H2;3H,1H2;/q;;;-1;+1/b17-11+;16-10+;;;. The molecule has 11 rings (SSSR count). The Bertz CT molecular complexity index is 3170. The van der Waals surface area contributed by atoms with Gasteiger partial charge in [0.15, 0.2) is 0 Å². The molecule has 5 fully saturated rings. The Kier molecular flexibility index (Phi) is 22.1. The summed E-state index contributed by atoms with van der Waals surface area (Å²) >= 11 is 0. The van der Waals surface area contributed by atoms with Gasteiger partial charge in [0.05, 0.1) is 7.11 Å². The maximum Gasteiger partial charge on any atom is 1.00 e. The van der Waals surface area contributed by atoms with Crippen LogP contribution in [0.15, 0.2) is 81.7 Å². The Labute approximate surface area is 489 Å². The second-order valence-electron chi connectivity index (χ2n) is 21.0. The van der Waals surface area contributed by atoms with E-state index in [0.717, 1.165) is 104 Å². The van der Waals surface area contributed by atoms with Crippen LogP contribution in [0.3, 0.4) is 0 Å². The zero-order valence-corrected chi connectivity index (χ0v) is 49.3. The Morgan fingerprint density at radius 1 is 0.688 bits per heavy atom. The molecule has 22 nitrogen and oxygen atoms in total. The largest absolute Gasteiger partial charge is 1.00 e. The molecule has 0 radical (unpaired) electrons. The van der Waals surface area contributed by atoms with E-state index >= 15 is 0 Å². The number of carbonyl (C=O) groups excluding carboxylic acids is 3. The summed E-state index contributed by atoms with van der Waals surface area (Å²) in [7, 11) is -6.02. The number of benzene rings is 2. The second-order valence-corrected chi connectivity index (χ2v) is 24.6. The molecule has 4 aromatic rings. The first-order valence-corrected chi connectivity index (χ1v) is 30.3. The van der Waals surface area contributed by atoms with Crippen LogP contribution in [-0.2, 0) is 61.8 Å². The summed E-state index contributed by atoms with van der Waals surface area (Å²) in [5.41, 5.74) is 3.30. The molecule has 0 unspecified atom stereocenters. The topological polar surface area (TPSA) is 301 Å². The number of piperidine rings is 2. The molecule has 2 saturated carbocycles. The summed E-state index contributed by atoms with van der Waals surface area (Å²) in [4.78, 5) is 58.1. The first-order valence-electron chi connectivity index (χ1n) is 27.3. The van der Waals surface area contributed by atoms with E-state index in [2.05, 4.69) is 16.5 Å². The van der Waals surface area contributed by atoms with Gasteiger partial charge in [-0.25, -0.2) is 16.8 Å². The monoisotopic (exact) mass is 1150 g/mol. The number of carboxylic acid groups (broad SMARTS) is 1. The van der Waals surface area contributed by atoms with Crippen LogP contribution >= 0.6 is 0 Å². The SMILES string of the molecule is C1CCOC1.COC(=O)Cn1ccc2c(/C=C/S(=O)(=O)N3CCC4(CC3)N=C(C3CCCCC3)NC4=O)cccc21.N[N-]O.O=C(O)Cn1ccc2c(/C=C/S(=O)(=O)N3CCC4(CC3)N=C(C3CCCCC3)NC4=O)cccc21.[Na+]. The molecule has 0 atom stereocenters. The van der Waals surface area contributed by atoms with Crippen LogP contribution in [0.25, 0.3) is 39.5 Å². The van der Waals surface area contributed by atoms with E-state index in [0.29, 0.717) is 43.1 Å². The molecule has 6 N–H and O–H groups in total. The molecule has 25 heteroatoms. The molecule has 0 bridgehead atoms. The first kappa shape index (κ1) is 62.5. The Hall–Kier alpha value is -5.12. The number of aromatic nitrogens is 2. The summed E-state index contributed by atoms with van der Waals surface area (Å²) in [6.07, 6.45) is 22.0. The van der Waals surface area contributed by atoms with Crippen LogP contribution < -0.4 is 46.0 Å². The number of hydrogen-bond acceptors (Lipinski definition) is 14. The molecular formula is C55H73N10NaO12S2. The normalized spacial score (nSPS) is 20.7. The van der Waals surface area contributed by atoms with Crippen molar-refractivity contribution in [2.45, 2.75) is 127 Å². The molecule has 2 spiro atoms. The number of hydrogen-bond donors (Lipinski definition) is 5. The molecule has 3 saturated heterocycles. The van der Waals surface area contributed by atoms with E-state index < -0.39 is 37.1 Å². The fourth-order valence-corrected chi connectivity index (χ4v) is 13.9. The summed E-state index contributed by atoms with van der Waals surface area (Å²) in [5, 5.41) is 26.1. The van der Waals surface area contributed by atoms with E-state index in [9.17, 15) is 36.0 Å². The number of esters is 1. The Balaban J connectivity index is 0.000000201. The Morgan fingerprint density at radius 3 is 1.45 bits per heavy atom. The second kappa shape index (κ2) is 28.2. The van der Waals surface area contributed by atoms with Crippen LogP contribution in [-0.4, -0.2) is 138 Å². The number of carboxylic acids is 1. The van der Waals surface area contributed by atoms with Gasteiger partial charge in [0.1, 0.15) is 35.8 Å². The van der Waals surface area contributed by atoms with Crippen molar-refractivity contribution in [3.63, 3.8) is 0 Å². The molecule has 7 aliphatic rings. The molecule has 2 aromatic carbocycles. The smallest absolute Gasteiger partial charge is 0.488 e. The number of fused-ring (bicyclic) bond motifs is 2. The quantitative estimate of drug-likeness (QED) is 0.0589. The van der Waals surface area contributed by atoms with Crippen molar-refractivity contribution in [2.75, 3.05) is 46.5 Å². The van der Waals surface area contributed by atoms with Crippen molar-refractivity contribution >= 4 is 89.4 Å². The number of nitrogens with one attached hydrogen (secondary N) is 2. The summed E-state index contributed by atoms with van der Waals surface area (Å²) in [6.45, 7) is 2.90. The van der Waals surface area contributed by atoms with Crippen LogP contribution in [0.4, 0.5) is 0 Å². The molecular weight excluding hydrogens is 1080 g/mol. The third-order valence-electron chi connectivity index (χ3n) is 16.0. The van der Waals surface area contributed by atoms with Crippen molar-refractivity contribution in [1.29, 1.82) is 0 Å². The average Bonchev–Trinajstić information content (AvgIpc) is 4.39. The maximum atomic E-state index is 13.1. The van der Waals surface area contributed by atoms with Gasteiger partial charge >= 0.3 is 41.5 Å². The van der Waals surface area contributed by atoms with E-state index in [1.807, 2.05) is 35.9 Å². The van der Waals surface area contributed by atoms with Crippen LogP contribution in [0, 0.1) is 11.8 Å². The van der Waals surface area contributed by atoms with Gasteiger partial charge in [-0.2, -0.15) is 8.61 Å².